The number of aromatic nitrogens is 2. The van der Waals surface area contributed by atoms with E-state index in [2.05, 4.69) is 9.82 Å². The molecule has 1 amide bonds. The van der Waals surface area contributed by atoms with E-state index in [0.717, 1.165) is 0 Å². The molecular formula is C27H32F2N4O5S. The molecule has 1 N–H and O–H groups in total. The maximum absolute atomic E-state index is 14.8. The Bertz CT molecular complexity index is 1480. The van der Waals surface area contributed by atoms with E-state index >= 15 is 0 Å². The monoisotopic (exact) mass is 562 g/mol. The minimum atomic E-state index is -3.94. The van der Waals surface area contributed by atoms with E-state index in [4.69, 9.17) is 9.47 Å². The average Bonchev–Trinajstić information content (AvgIpc) is 3.46. The second-order valence-corrected chi connectivity index (χ2v) is 13.4. The van der Waals surface area contributed by atoms with Crippen molar-refractivity contribution in [1.82, 2.24) is 14.3 Å². The van der Waals surface area contributed by atoms with Crippen LogP contribution in [0.1, 0.15) is 62.0 Å². The molecule has 5 rings (SSSR count). The van der Waals surface area contributed by atoms with Crippen LogP contribution in [0.25, 0.3) is 5.52 Å². The lowest BCUT2D eigenvalue weighted by atomic mass is 10.0. The van der Waals surface area contributed by atoms with Crippen molar-refractivity contribution in [3.8, 4) is 5.75 Å². The number of carbonyl (C=O) groups excluding carboxylic acids is 1. The molecule has 2 atom stereocenters. The normalized spacial score (nSPS) is 20.9. The second kappa shape index (κ2) is 10.4. The number of ether oxygens (including phenoxy) is 2. The lowest BCUT2D eigenvalue weighted by Crippen LogP contribution is -2.42. The minimum Gasteiger partial charge on any atom is -0.490 e. The van der Waals surface area contributed by atoms with Crippen LogP contribution in [-0.4, -0.2) is 60.7 Å². The third-order valence-electron chi connectivity index (χ3n) is 7.11. The Morgan fingerprint density at radius 2 is 1.92 bits per heavy atom. The first-order valence-electron chi connectivity index (χ1n) is 12.9. The van der Waals surface area contributed by atoms with Crippen LogP contribution in [0.4, 0.5) is 14.5 Å². The second-order valence-electron chi connectivity index (χ2n) is 11.0. The van der Waals surface area contributed by atoms with Gasteiger partial charge in [0.2, 0.25) is 10.0 Å². The van der Waals surface area contributed by atoms with Gasteiger partial charge >= 0.3 is 0 Å². The Kier molecular flexibility index (Phi) is 7.27. The van der Waals surface area contributed by atoms with E-state index < -0.39 is 38.7 Å². The van der Waals surface area contributed by atoms with Crippen molar-refractivity contribution in [3.63, 3.8) is 0 Å². The smallest absolute Gasteiger partial charge is 0.268 e. The molecule has 1 aromatic carbocycles. The summed E-state index contributed by atoms with van der Waals surface area (Å²) in [6.07, 6.45) is 3.27. The van der Waals surface area contributed by atoms with E-state index in [1.165, 1.54) is 43.6 Å². The highest BCUT2D eigenvalue weighted by molar-refractivity contribution is 7.91. The number of sulfonamides is 1. The number of hydrogen-bond acceptors (Lipinski definition) is 7. The Labute approximate surface area is 226 Å². The number of benzene rings is 1. The zero-order valence-corrected chi connectivity index (χ0v) is 22.9. The molecular weight excluding hydrogens is 530 g/mol. The van der Waals surface area contributed by atoms with Crippen molar-refractivity contribution in [1.29, 1.82) is 0 Å². The predicted molar refractivity (Wildman–Crippen MR) is 142 cm³/mol. The number of nitrogens with zero attached hydrogens (tertiary/aromatic N) is 3. The van der Waals surface area contributed by atoms with Crippen LogP contribution in [0.2, 0.25) is 0 Å². The van der Waals surface area contributed by atoms with Crippen LogP contribution >= 0.6 is 0 Å². The van der Waals surface area contributed by atoms with Crippen LogP contribution in [0.15, 0.2) is 42.7 Å². The van der Waals surface area contributed by atoms with Gasteiger partial charge in [0, 0.05) is 43.8 Å². The minimum absolute atomic E-state index is 0.0649. The number of halogens is 2. The molecule has 2 fully saturated rings. The molecule has 0 radical (unpaired) electrons. The fourth-order valence-corrected chi connectivity index (χ4v) is 5.53. The van der Waals surface area contributed by atoms with Gasteiger partial charge in [0.1, 0.15) is 23.8 Å². The van der Waals surface area contributed by atoms with E-state index in [1.807, 2.05) is 4.90 Å². The summed E-state index contributed by atoms with van der Waals surface area (Å²) < 4.78 is 68.3. The first-order valence-corrected chi connectivity index (χ1v) is 14.4. The highest BCUT2D eigenvalue weighted by atomic mass is 32.2. The van der Waals surface area contributed by atoms with E-state index in [0.29, 0.717) is 48.6 Å². The summed E-state index contributed by atoms with van der Waals surface area (Å²) in [6.45, 7) is 5.72. The van der Waals surface area contributed by atoms with Gasteiger partial charge < -0.3 is 14.4 Å². The number of amides is 1. The quantitative estimate of drug-likeness (QED) is 0.481. The SMILES string of the molecule is CC(C)(C)S(=O)(=O)NC(=O)c1cnn2ccc(N3C[C@@H](F)C[C@@H]3c3cc(F)cc(OC4CCOCC4)c3)cc12. The molecule has 210 valence electrons. The molecule has 9 nitrogen and oxygen atoms in total. The molecule has 39 heavy (non-hydrogen) atoms. The predicted octanol–water partition coefficient (Wildman–Crippen LogP) is 4.18. The largest absolute Gasteiger partial charge is 0.490 e. The van der Waals surface area contributed by atoms with Gasteiger partial charge in [0.25, 0.3) is 5.91 Å². The number of anilines is 1. The Morgan fingerprint density at radius 1 is 1.18 bits per heavy atom. The van der Waals surface area contributed by atoms with Crippen molar-refractivity contribution >= 4 is 27.1 Å². The number of carbonyl (C=O) groups is 1. The molecule has 3 aromatic rings. The molecule has 2 saturated heterocycles. The molecule has 12 heteroatoms. The van der Waals surface area contributed by atoms with Gasteiger partial charge in [-0.2, -0.15) is 5.10 Å². The highest BCUT2D eigenvalue weighted by Gasteiger charge is 2.35. The van der Waals surface area contributed by atoms with E-state index in [1.54, 1.807) is 24.4 Å². The van der Waals surface area contributed by atoms with Crippen LogP contribution < -0.4 is 14.4 Å². The maximum atomic E-state index is 14.8. The van der Waals surface area contributed by atoms with Crippen LogP contribution in [0.3, 0.4) is 0 Å². The number of rotatable bonds is 6. The molecule has 2 aromatic heterocycles. The first-order chi connectivity index (χ1) is 18.4. The molecule has 4 heterocycles. The molecule has 0 bridgehead atoms. The third-order valence-corrected chi connectivity index (χ3v) is 9.18. The summed E-state index contributed by atoms with van der Waals surface area (Å²) in [6, 6.07) is 7.39. The van der Waals surface area contributed by atoms with Gasteiger partial charge in [-0.15, -0.1) is 0 Å². The van der Waals surface area contributed by atoms with Gasteiger partial charge in [0.05, 0.1) is 41.3 Å². The molecule has 0 saturated carbocycles. The van der Waals surface area contributed by atoms with Crippen molar-refractivity contribution in [2.24, 2.45) is 0 Å². The van der Waals surface area contributed by atoms with Gasteiger partial charge in [-0.3, -0.25) is 4.79 Å². The van der Waals surface area contributed by atoms with E-state index in [-0.39, 0.29) is 24.6 Å². The lowest BCUT2D eigenvalue weighted by Gasteiger charge is -2.28. The fraction of sp³-hybridized carbons (Fsp3) is 0.481. The zero-order valence-electron chi connectivity index (χ0n) is 22.1. The van der Waals surface area contributed by atoms with Crippen molar-refractivity contribution in [2.45, 2.75) is 63.1 Å². The molecule has 0 aliphatic carbocycles. The summed E-state index contributed by atoms with van der Waals surface area (Å²) in [5.74, 6) is -0.884. The van der Waals surface area contributed by atoms with Gasteiger partial charge in [-0.05, 0) is 50.6 Å². The molecule has 0 spiro atoms. The topological polar surface area (TPSA) is 102 Å². The Balaban J connectivity index is 1.44. The molecule has 0 unspecified atom stereocenters. The van der Waals surface area contributed by atoms with Gasteiger partial charge in [0.15, 0.2) is 0 Å². The summed E-state index contributed by atoms with van der Waals surface area (Å²) in [5.41, 5.74) is 1.60. The molecule has 2 aliphatic rings. The van der Waals surface area contributed by atoms with Crippen molar-refractivity contribution in [3.05, 3.63) is 59.7 Å². The van der Waals surface area contributed by atoms with Crippen LogP contribution in [-0.2, 0) is 14.8 Å². The standard InChI is InChI=1S/C27H32F2N4O5S/c1-27(2,3)39(35,36)31-26(34)23-15-30-33-7-4-20(14-25(23)33)32-16-19(29)13-24(32)17-10-18(28)12-22(11-17)38-21-5-8-37-9-6-21/h4,7,10-12,14-15,19,21,24H,5-6,8-9,13,16H2,1-3H3,(H,31,34)/t19-,24+/m0/s1. The zero-order chi connectivity index (χ0) is 27.9. The first kappa shape index (κ1) is 27.3. The van der Waals surface area contributed by atoms with E-state index in [9.17, 15) is 22.0 Å². The van der Waals surface area contributed by atoms with Crippen LogP contribution in [0, 0.1) is 5.82 Å². The number of pyridine rings is 1. The van der Waals surface area contributed by atoms with Gasteiger partial charge in [-0.25, -0.2) is 26.4 Å². The molecule has 2 aliphatic heterocycles. The third kappa shape index (κ3) is 5.72. The van der Waals surface area contributed by atoms with Gasteiger partial charge in [-0.1, -0.05) is 0 Å². The van der Waals surface area contributed by atoms with Crippen LogP contribution in [0.5, 0.6) is 5.75 Å². The van der Waals surface area contributed by atoms with Crippen molar-refractivity contribution < 1.29 is 31.5 Å². The average molecular weight is 563 g/mol. The Morgan fingerprint density at radius 3 is 2.64 bits per heavy atom. The van der Waals surface area contributed by atoms with Crippen molar-refractivity contribution in [2.75, 3.05) is 24.7 Å². The number of nitrogens with one attached hydrogen (secondary N) is 1. The maximum Gasteiger partial charge on any atom is 0.268 e. The number of hydrogen-bond donors (Lipinski definition) is 1. The summed E-state index contributed by atoms with van der Waals surface area (Å²) in [7, 11) is -3.94. The highest BCUT2D eigenvalue weighted by Crippen LogP contribution is 2.39. The summed E-state index contributed by atoms with van der Waals surface area (Å²) in [4.78, 5) is 14.7. The lowest BCUT2D eigenvalue weighted by molar-refractivity contribution is 0.0254. The fourth-order valence-electron chi connectivity index (χ4n) is 4.87. The number of alkyl halides is 1. The summed E-state index contributed by atoms with van der Waals surface area (Å²) in [5, 5.41) is 4.16. The summed E-state index contributed by atoms with van der Waals surface area (Å²) >= 11 is 0. The number of fused-ring (bicyclic) bond motifs is 1. The Hall–Kier alpha value is -3.25.